The number of fused-ring (bicyclic) bond motifs is 1. The molecular formula is C21H25N3O. The summed E-state index contributed by atoms with van der Waals surface area (Å²) in [5, 5.41) is 12.3. The Morgan fingerprint density at radius 1 is 1.08 bits per heavy atom. The van der Waals surface area contributed by atoms with Crippen LogP contribution in [-0.4, -0.2) is 16.1 Å². The second kappa shape index (κ2) is 6.36. The number of H-pyrrole nitrogens is 1. The molecule has 4 heteroatoms. The van der Waals surface area contributed by atoms with Crippen LogP contribution in [0.1, 0.15) is 53.6 Å². The van der Waals surface area contributed by atoms with Crippen LogP contribution in [-0.2, 0) is 12.0 Å². The molecule has 0 unspecified atom stereocenters. The highest BCUT2D eigenvalue weighted by Crippen LogP contribution is 2.26. The summed E-state index contributed by atoms with van der Waals surface area (Å²) in [7, 11) is 0. The lowest BCUT2D eigenvalue weighted by atomic mass is 9.86. The van der Waals surface area contributed by atoms with Crippen molar-refractivity contribution < 1.29 is 4.79 Å². The zero-order chi connectivity index (χ0) is 18.2. The van der Waals surface area contributed by atoms with E-state index in [1.807, 2.05) is 32.0 Å². The third-order valence-electron chi connectivity index (χ3n) is 4.67. The second-order valence-electron chi connectivity index (χ2n) is 7.62. The smallest absolute Gasteiger partial charge is 0.251 e. The average molecular weight is 335 g/mol. The molecule has 1 heterocycles. The zero-order valence-electron chi connectivity index (χ0n) is 15.5. The largest absolute Gasteiger partial charge is 0.348 e. The van der Waals surface area contributed by atoms with Crippen LogP contribution >= 0.6 is 0 Å². The van der Waals surface area contributed by atoms with E-state index in [1.54, 1.807) is 0 Å². The van der Waals surface area contributed by atoms with E-state index in [2.05, 4.69) is 54.5 Å². The van der Waals surface area contributed by atoms with Gasteiger partial charge in [-0.25, -0.2) is 0 Å². The van der Waals surface area contributed by atoms with Gasteiger partial charge >= 0.3 is 0 Å². The first kappa shape index (κ1) is 17.2. The SMILES string of the molecule is Cc1n[nH]c(C)c1CNC(=O)c1ccc2cc(C(C)(C)C)ccc2c1. The van der Waals surface area contributed by atoms with E-state index in [-0.39, 0.29) is 11.3 Å². The van der Waals surface area contributed by atoms with Gasteiger partial charge in [-0.1, -0.05) is 45.0 Å². The molecule has 0 saturated carbocycles. The Balaban J connectivity index is 1.80. The fourth-order valence-electron chi connectivity index (χ4n) is 2.96. The van der Waals surface area contributed by atoms with Crippen LogP contribution in [0.15, 0.2) is 36.4 Å². The third kappa shape index (κ3) is 3.58. The normalized spacial score (nSPS) is 11.7. The Bertz CT molecular complexity index is 912. The summed E-state index contributed by atoms with van der Waals surface area (Å²) >= 11 is 0. The minimum Gasteiger partial charge on any atom is -0.348 e. The molecule has 0 radical (unpaired) electrons. The summed E-state index contributed by atoms with van der Waals surface area (Å²) in [6.45, 7) is 11.0. The molecule has 3 aromatic rings. The molecule has 0 aliphatic rings. The average Bonchev–Trinajstić information content (AvgIpc) is 2.89. The maximum absolute atomic E-state index is 12.5. The summed E-state index contributed by atoms with van der Waals surface area (Å²) in [6.07, 6.45) is 0. The highest BCUT2D eigenvalue weighted by atomic mass is 16.1. The Morgan fingerprint density at radius 2 is 1.76 bits per heavy atom. The molecule has 25 heavy (non-hydrogen) atoms. The first-order valence-corrected chi connectivity index (χ1v) is 8.58. The monoisotopic (exact) mass is 335 g/mol. The lowest BCUT2D eigenvalue weighted by molar-refractivity contribution is 0.0951. The Hall–Kier alpha value is -2.62. The number of hydrogen-bond donors (Lipinski definition) is 2. The Kier molecular flexibility index (Phi) is 4.38. The molecule has 0 bridgehead atoms. The molecule has 0 fully saturated rings. The zero-order valence-corrected chi connectivity index (χ0v) is 15.5. The van der Waals surface area contributed by atoms with Gasteiger partial charge in [-0.2, -0.15) is 5.10 Å². The molecule has 0 aliphatic heterocycles. The van der Waals surface area contributed by atoms with Crippen LogP contribution in [0.25, 0.3) is 10.8 Å². The van der Waals surface area contributed by atoms with Crippen LogP contribution < -0.4 is 5.32 Å². The number of carbonyl (C=O) groups excluding carboxylic acids is 1. The predicted molar refractivity (Wildman–Crippen MR) is 102 cm³/mol. The number of carbonyl (C=O) groups is 1. The van der Waals surface area contributed by atoms with Crippen LogP contribution in [0.3, 0.4) is 0 Å². The Labute approximate surface area is 148 Å². The molecule has 1 amide bonds. The van der Waals surface area contributed by atoms with Gasteiger partial charge in [0, 0.05) is 23.4 Å². The molecule has 0 atom stereocenters. The number of hydrogen-bond acceptors (Lipinski definition) is 2. The maximum Gasteiger partial charge on any atom is 0.251 e. The topological polar surface area (TPSA) is 57.8 Å². The summed E-state index contributed by atoms with van der Waals surface area (Å²) in [6, 6.07) is 12.3. The van der Waals surface area contributed by atoms with Gasteiger partial charge in [0.1, 0.15) is 0 Å². The van der Waals surface area contributed by atoms with Crippen molar-refractivity contribution >= 4 is 16.7 Å². The van der Waals surface area contributed by atoms with Gasteiger partial charge in [0.25, 0.3) is 5.91 Å². The van der Waals surface area contributed by atoms with Crippen molar-refractivity contribution in [3.63, 3.8) is 0 Å². The molecule has 3 rings (SSSR count). The van der Waals surface area contributed by atoms with Gasteiger partial charge < -0.3 is 5.32 Å². The minimum absolute atomic E-state index is 0.0678. The highest BCUT2D eigenvalue weighted by molar-refractivity contribution is 5.98. The summed E-state index contributed by atoms with van der Waals surface area (Å²) < 4.78 is 0. The van der Waals surface area contributed by atoms with Crippen molar-refractivity contribution in [2.45, 2.75) is 46.6 Å². The van der Waals surface area contributed by atoms with E-state index in [0.29, 0.717) is 12.1 Å². The number of nitrogens with zero attached hydrogens (tertiary/aromatic N) is 1. The molecule has 1 aromatic heterocycles. The standard InChI is InChI=1S/C21H25N3O/c1-13-19(14(2)24-23-13)12-22-20(25)17-7-6-16-11-18(21(3,4)5)9-8-15(16)10-17/h6-11H,12H2,1-5H3,(H,22,25)(H,23,24). The quantitative estimate of drug-likeness (QED) is 0.745. The predicted octanol–water partition coefficient (Wildman–Crippen LogP) is 4.41. The maximum atomic E-state index is 12.5. The van der Waals surface area contributed by atoms with Crippen LogP contribution in [0.5, 0.6) is 0 Å². The van der Waals surface area contributed by atoms with E-state index < -0.39 is 0 Å². The van der Waals surface area contributed by atoms with Crippen molar-refractivity contribution in [2.24, 2.45) is 0 Å². The van der Waals surface area contributed by atoms with Gasteiger partial charge in [0.05, 0.1) is 5.69 Å². The van der Waals surface area contributed by atoms with Crippen molar-refractivity contribution in [3.8, 4) is 0 Å². The summed E-state index contributed by atoms with van der Waals surface area (Å²) in [4.78, 5) is 12.5. The molecule has 2 aromatic carbocycles. The van der Waals surface area contributed by atoms with E-state index >= 15 is 0 Å². The van der Waals surface area contributed by atoms with Crippen LogP contribution in [0.2, 0.25) is 0 Å². The molecule has 4 nitrogen and oxygen atoms in total. The lowest BCUT2D eigenvalue weighted by Gasteiger charge is -2.19. The second-order valence-corrected chi connectivity index (χ2v) is 7.62. The summed E-state index contributed by atoms with van der Waals surface area (Å²) in [5.74, 6) is -0.0678. The molecule has 0 spiro atoms. The number of aryl methyl sites for hydroxylation is 2. The highest BCUT2D eigenvalue weighted by Gasteiger charge is 2.14. The number of rotatable bonds is 3. The Morgan fingerprint density at radius 3 is 2.40 bits per heavy atom. The van der Waals surface area contributed by atoms with E-state index in [9.17, 15) is 4.79 Å². The van der Waals surface area contributed by atoms with Crippen molar-refractivity contribution in [1.29, 1.82) is 0 Å². The van der Waals surface area contributed by atoms with E-state index in [4.69, 9.17) is 0 Å². The molecule has 0 saturated heterocycles. The fraction of sp³-hybridized carbons (Fsp3) is 0.333. The first-order valence-electron chi connectivity index (χ1n) is 8.58. The molecular weight excluding hydrogens is 310 g/mol. The first-order chi connectivity index (χ1) is 11.8. The summed E-state index contributed by atoms with van der Waals surface area (Å²) in [5.41, 5.74) is 5.05. The van der Waals surface area contributed by atoms with E-state index in [1.165, 1.54) is 5.56 Å². The van der Waals surface area contributed by atoms with Gasteiger partial charge in [-0.05, 0) is 47.7 Å². The number of benzene rings is 2. The van der Waals surface area contributed by atoms with Crippen LogP contribution in [0, 0.1) is 13.8 Å². The molecule has 2 N–H and O–H groups in total. The van der Waals surface area contributed by atoms with Crippen LogP contribution in [0.4, 0.5) is 0 Å². The van der Waals surface area contributed by atoms with Crippen molar-refractivity contribution in [3.05, 3.63) is 64.5 Å². The number of aromatic nitrogens is 2. The fourth-order valence-corrected chi connectivity index (χ4v) is 2.96. The third-order valence-corrected chi connectivity index (χ3v) is 4.67. The van der Waals surface area contributed by atoms with Gasteiger partial charge in [-0.15, -0.1) is 0 Å². The van der Waals surface area contributed by atoms with Gasteiger partial charge in [0.2, 0.25) is 0 Å². The van der Waals surface area contributed by atoms with Gasteiger partial charge in [-0.3, -0.25) is 9.89 Å². The van der Waals surface area contributed by atoms with Gasteiger partial charge in [0.15, 0.2) is 0 Å². The molecule has 0 aliphatic carbocycles. The minimum atomic E-state index is -0.0678. The number of nitrogens with one attached hydrogen (secondary N) is 2. The number of amides is 1. The van der Waals surface area contributed by atoms with E-state index in [0.717, 1.165) is 27.7 Å². The van der Waals surface area contributed by atoms with Crippen molar-refractivity contribution in [1.82, 2.24) is 15.5 Å². The lowest BCUT2D eigenvalue weighted by Crippen LogP contribution is -2.23. The number of aromatic amines is 1. The van der Waals surface area contributed by atoms with Crippen molar-refractivity contribution in [2.75, 3.05) is 0 Å². The molecule has 130 valence electrons.